The van der Waals surface area contributed by atoms with Gasteiger partial charge in [0.05, 0.1) is 24.7 Å². The second kappa shape index (κ2) is 6.63. The Morgan fingerprint density at radius 3 is 2.76 bits per heavy atom. The van der Waals surface area contributed by atoms with Gasteiger partial charge >= 0.3 is 5.97 Å². The molecule has 0 aromatic rings. The SMILES string of the molecule is C#CCNCC1(O)CCC(C(=O)OCC)CC1. The molecule has 96 valence electrons. The minimum Gasteiger partial charge on any atom is -0.466 e. The molecule has 0 aliphatic heterocycles. The minimum atomic E-state index is -0.722. The molecule has 1 rings (SSSR count). The van der Waals surface area contributed by atoms with Crippen LogP contribution in [-0.2, 0) is 9.53 Å². The van der Waals surface area contributed by atoms with Crippen LogP contribution in [0.4, 0.5) is 0 Å². The van der Waals surface area contributed by atoms with Crippen LogP contribution in [0.1, 0.15) is 32.6 Å². The predicted octanol–water partition coefficient (Wildman–Crippen LogP) is 0.694. The third-order valence-electron chi connectivity index (χ3n) is 3.22. The molecule has 1 fully saturated rings. The molecule has 4 heteroatoms. The number of ether oxygens (including phenoxy) is 1. The van der Waals surface area contributed by atoms with Crippen molar-refractivity contribution < 1.29 is 14.6 Å². The predicted molar refractivity (Wildman–Crippen MR) is 65.2 cm³/mol. The van der Waals surface area contributed by atoms with E-state index in [9.17, 15) is 9.90 Å². The first-order valence-corrected chi connectivity index (χ1v) is 6.14. The van der Waals surface area contributed by atoms with Crippen molar-refractivity contribution >= 4 is 5.97 Å². The minimum absolute atomic E-state index is 0.0529. The van der Waals surface area contributed by atoms with E-state index in [0.717, 1.165) is 0 Å². The molecular formula is C13H21NO3. The van der Waals surface area contributed by atoms with E-state index in [4.69, 9.17) is 11.2 Å². The van der Waals surface area contributed by atoms with Gasteiger partial charge in [0.25, 0.3) is 0 Å². The first-order chi connectivity index (χ1) is 8.11. The Morgan fingerprint density at radius 2 is 2.24 bits per heavy atom. The van der Waals surface area contributed by atoms with E-state index in [-0.39, 0.29) is 11.9 Å². The lowest BCUT2D eigenvalue weighted by atomic mass is 9.79. The molecule has 1 aliphatic carbocycles. The quantitative estimate of drug-likeness (QED) is 0.421. The second-order valence-corrected chi connectivity index (χ2v) is 4.56. The molecule has 0 atom stereocenters. The topological polar surface area (TPSA) is 58.6 Å². The summed E-state index contributed by atoms with van der Waals surface area (Å²) in [7, 11) is 0. The van der Waals surface area contributed by atoms with Crippen molar-refractivity contribution in [1.29, 1.82) is 0 Å². The van der Waals surface area contributed by atoms with Crippen molar-refractivity contribution in [2.24, 2.45) is 5.92 Å². The van der Waals surface area contributed by atoms with Gasteiger partial charge in [-0.2, -0.15) is 0 Å². The van der Waals surface area contributed by atoms with E-state index in [0.29, 0.717) is 45.4 Å². The van der Waals surface area contributed by atoms with E-state index in [1.807, 2.05) is 0 Å². The van der Waals surface area contributed by atoms with Gasteiger partial charge in [0.1, 0.15) is 0 Å². The Labute approximate surface area is 103 Å². The van der Waals surface area contributed by atoms with Crippen LogP contribution in [0.25, 0.3) is 0 Å². The number of terminal acetylenes is 1. The number of hydrogen-bond acceptors (Lipinski definition) is 4. The molecule has 0 saturated heterocycles. The lowest BCUT2D eigenvalue weighted by Gasteiger charge is -2.35. The van der Waals surface area contributed by atoms with Gasteiger partial charge in [-0.25, -0.2) is 0 Å². The monoisotopic (exact) mass is 239 g/mol. The first kappa shape index (κ1) is 14.0. The van der Waals surface area contributed by atoms with Crippen molar-refractivity contribution in [3.63, 3.8) is 0 Å². The Bertz CT molecular complexity index is 288. The number of esters is 1. The van der Waals surface area contributed by atoms with Gasteiger partial charge in [-0.1, -0.05) is 5.92 Å². The summed E-state index contributed by atoms with van der Waals surface area (Å²) in [5.41, 5.74) is -0.722. The molecule has 2 N–H and O–H groups in total. The number of carbonyl (C=O) groups excluding carboxylic acids is 1. The highest BCUT2D eigenvalue weighted by Crippen LogP contribution is 2.32. The highest BCUT2D eigenvalue weighted by atomic mass is 16.5. The van der Waals surface area contributed by atoms with Crippen LogP contribution < -0.4 is 5.32 Å². The zero-order valence-electron chi connectivity index (χ0n) is 10.4. The summed E-state index contributed by atoms with van der Waals surface area (Å²) < 4.78 is 4.99. The van der Waals surface area contributed by atoms with Crippen LogP contribution in [0.5, 0.6) is 0 Å². The Balaban J connectivity index is 2.34. The molecule has 0 spiro atoms. The lowest BCUT2D eigenvalue weighted by Crippen LogP contribution is -2.44. The summed E-state index contributed by atoms with van der Waals surface area (Å²) in [5, 5.41) is 13.3. The number of nitrogens with one attached hydrogen (secondary N) is 1. The van der Waals surface area contributed by atoms with E-state index in [2.05, 4.69) is 11.2 Å². The van der Waals surface area contributed by atoms with Crippen LogP contribution in [0.2, 0.25) is 0 Å². The average Bonchev–Trinajstić information content (AvgIpc) is 2.30. The Morgan fingerprint density at radius 1 is 1.59 bits per heavy atom. The zero-order chi connectivity index (χ0) is 12.7. The average molecular weight is 239 g/mol. The molecule has 0 aromatic heterocycles. The van der Waals surface area contributed by atoms with Gasteiger partial charge in [0, 0.05) is 6.54 Å². The summed E-state index contributed by atoms with van der Waals surface area (Å²) in [6, 6.07) is 0. The van der Waals surface area contributed by atoms with Crippen LogP contribution in [0, 0.1) is 18.3 Å². The van der Waals surface area contributed by atoms with Crippen LogP contribution in [-0.4, -0.2) is 36.4 Å². The van der Waals surface area contributed by atoms with Gasteiger partial charge in [0.15, 0.2) is 0 Å². The fourth-order valence-electron chi connectivity index (χ4n) is 2.20. The Kier molecular flexibility index (Phi) is 5.46. The molecule has 0 bridgehead atoms. The fourth-order valence-corrected chi connectivity index (χ4v) is 2.20. The molecular weight excluding hydrogens is 218 g/mol. The normalized spacial score (nSPS) is 28.4. The number of aliphatic hydroxyl groups is 1. The largest absolute Gasteiger partial charge is 0.466 e. The number of carbonyl (C=O) groups is 1. The molecule has 4 nitrogen and oxygen atoms in total. The molecule has 1 saturated carbocycles. The van der Waals surface area contributed by atoms with Crippen molar-refractivity contribution in [3.8, 4) is 12.3 Å². The summed E-state index contributed by atoms with van der Waals surface area (Å²) in [6.45, 7) is 3.18. The van der Waals surface area contributed by atoms with Crippen molar-refractivity contribution in [2.75, 3.05) is 19.7 Å². The van der Waals surface area contributed by atoms with Crippen molar-refractivity contribution in [3.05, 3.63) is 0 Å². The molecule has 0 unspecified atom stereocenters. The zero-order valence-corrected chi connectivity index (χ0v) is 10.4. The summed E-state index contributed by atoms with van der Waals surface area (Å²) >= 11 is 0. The fraction of sp³-hybridized carbons (Fsp3) is 0.769. The second-order valence-electron chi connectivity index (χ2n) is 4.56. The maximum absolute atomic E-state index is 11.5. The van der Waals surface area contributed by atoms with E-state index in [1.54, 1.807) is 6.92 Å². The van der Waals surface area contributed by atoms with Crippen molar-refractivity contribution in [1.82, 2.24) is 5.32 Å². The van der Waals surface area contributed by atoms with Gasteiger partial charge in [-0.15, -0.1) is 6.42 Å². The van der Waals surface area contributed by atoms with E-state index < -0.39 is 5.60 Å². The van der Waals surface area contributed by atoms with Crippen LogP contribution in [0.3, 0.4) is 0 Å². The van der Waals surface area contributed by atoms with Crippen LogP contribution >= 0.6 is 0 Å². The number of hydrogen-bond donors (Lipinski definition) is 2. The maximum Gasteiger partial charge on any atom is 0.308 e. The standard InChI is InChI=1S/C13H21NO3/c1-3-9-14-10-13(16)7-5-11(6-8-13)12(15)17-4-2/h1,11,14,16H,4-10H2,2H3. The van der Waals surface area contributed by atoms with Gasteiger partial charge < -0.3 is 15.2 Å². The van der Waals surface area contributed by atoms with Crippen molar-refractivity contribution in [2.45, 2.75) is 38.2 Å². The first-order valence-electron chi connectivity index (χ1n) is 6.14. The van der Waals surface area contributed by atoms with E-state index >= 15 is 0 Å². The smallest absolute Gasteiger partial charge is 0.308 e. The number of rotatable bonds is 5. The third-order valence-corrected chi connectivity index (χ3v) is 3.22. The summed E-state index contributed by atoms with van der Waals surface area (Å²) in [4.78, 5) is 11.5. The van der Waals surface area contributed by atoms with Gasteiger partial charge in [0.2, 0.25) is 0 Å². The maximum atomic E-state index is 11.5. The molecule has 17 heavy (non-hydrogen) atoms. The molecule has 0 radical (unpaired) electrons. The highest BCUT2D eigenvalue weighted by Gasteiger charge is 2.35. The molecule has 0 amide bonds. The Hall–Kier alpha value is -1.05. The summed E-state index contributed by atoms with van der Waals surface area (Å²) in [6.07, 6.45) is 7.74. The lowest BCUT2D eigenvalue weighted by molar-refractivity contribution is -0.151. The molecule has 1 aliphatic rings. The highest BCUT2D eigenvalue weighted by molar-refractivity contribution is 5.72. The third kappa shape index (κ3) is 4.37. The molecule has 0 heterocycles. The van der Waals surface area contributed by atoms with Gasteiger partial charge in [-0.3, -0.25) is 4.79 Å². The molecule has 0 aromatic carbocycles. The van der Waals surface area contributed by atoms with E-state index in [1.165, 1.54) is 0 Å². The van der Waals surface area contributed by atoms with Gasteiger partial charge in [-0.05, 0) is 32.6 Å². The van der Waals surface area contributed by atoms with Crippen LogP contribution in [0.15, 0.2) is 0 Å². The summed E-state index contributed by atoms with van der Waals surface area (Å²) in [5.74, 6) is 2.29.